The first-order valence-electron chi connectivity index (χ1n) is 10.6. The minimum absolute atomic E-state index is 0.0297. The van der Waals surface area contributed by atoms with Gasteiger partial charge < -0.3 is 14.2 Å². The Hall–Kier alpha value is -1.10. The first-order valence-corrected chi connectivity index (χ1v) is 10.6. The van der Waals surface area contributed by atoms with Crippen molar-refractivity contribution in [3.63, 3.8) is 0 Å². The second-order valence-corrected chi connectivity index (χ2v) is 8.92. The molecule has 0 bridgehead atoms. The Morgan fingerprint density at radius 3 is 2.07 bits per heavy atom. The normalized spacial score (nSPS) is 19.0. The topological polar surface area (TPSA) is 61.8 Å². The van der Waals surface area contributed by atoms with Crippen molar-refractivity contribution in [2.75, 3.05) is 0 Å². The minimum Gasteiger partial charge on any atom is -0.460 e. The van der Waals surface area contributed by atoms with Crippen molar-refractivity contribution >= 4 is 11.9 Å². The number of ether oxygens (including phenoxy) is 3. The zero-order valence-electron chi connectivity index (χ0n) is 18.4. The van der Waals surface area contributed by atoms with Gasteiger partial charge in [-0.05, 0) is 46.5 Å². The highest BCUT2D eigenvalue weighted by Gasteiger charge is 2.33. The van der Waals surface area contributed by atoms with Gasteiger partial charge in [-0.25, -0.2) is 0 Å². The third kappa shape index (κ3) is 8.63. The first-order chi connectivity index (χ1) is 12.6. The van der Waals surface area contributed by atoms with E-state index in [4.69, 9.17) is 14.2 Å². The summed E-state index contributed by atoms with van der Waals surface area (Å²) in [5.41, 5.74) is -0.552. The van der Waals surface area contributed by atoms with Crippen molar-refractivity contribution in [3.8, 4) is 0 Å². The van der Waals surface area contributed by atoms with Gasteiger partial charge in [0.25, 0.3) is 0 Å². The lowest BCUT2D eigenvalue weighted by Gasteiger charge is -2.33. The smallest absolute Gasteiger partial charge is 0.309 e. The van der Waals surface area contributed by atoms with Crippen LogP contribution in [0.25, 0.3) is 0 Å². The molecule has 5 heteroatoms. The van der Waals surface area contributed by atoms with E-state index >= 15 is 0 Å². The maximum absolute atomic E-state index is 12.5. The Labute approximate surface area is 165 Å². The molecule has 0 aromatic heterocycles. The van der Waals surface area contributed by atoms with Gasteiger partial charge >= 0.3 is 11.9 Å². The molecule has 1 aliphatic carbocycles. The van der Waals surface area contributed by atoms with E-state index in [1.807, 2.05) is 27.7 Å². The van der Waals surface area contributed by atoms with Crippen LogP contribution in [0.3, 0.4) is 0 Å². The summed E-state index contributed by atoms with van der Waals surface area (Å²) in [6, 6.07) is 0. The van der Waals surface area contributed by atoms with Gasteiger partial charge in [0.05, 0.1) is 24.5 Å². The highest BCUT2D eigenvalue weighted by molar-refractivity contribution is 5.79. The molecule has 1 saturated carbocycles. The quantitative estimate of drug-likeness (QED) is 0.493. The summed E-state index contributed by atoms with van der Waals surface area (Å²) in [5, 5.41) is 0. The number of carbonyl (C=O) groups excluding carboxylic acids is 2. The standard InChI is InChI=1S/C22H40O5/c1-8-17(9-2)20(26-18-12-10-11-13-18)16(4)25-21(24)15(3)14-19(23)27-22(5,6)7/h15-18,20H,8-14H2,1-7H3/t15-,16+,20+/m1/s1. The van der Waals surface area contributed by atoms with Crippen LogP contribution >= 0.6 is 0 Å². The summed E-state index contributed by atoms with van der Waals surface area (Å²) in [4.78, 5) is 24.5. The van der Waals surface area contributed by atoms with Gasteiger partial charge in [-0.15, -0.1) is 0 Å². The average Bonchev–Trinajstić information content (AvgIpc) is 3.06. The predicted octanol–water partition coefficient (Wildman–Crippen LogP) is 5.05. The summed E-state index contributed by atoms with van der Waals surface area (Å²) in [5.74, 6) is -0.914. The van der Waals surface area contributed by atoms with Gasteiger partial charge in [-0.2, -0.15) is 0 Å². The van der Waals surface area contributed by atoms with E-state index in [0.717, 1.165) is 25.7 Å². The molecule has 0 unspecified atom stereocenters. The highest BCUT2D eigenvalue weighted by atomic mass is 16.6. The van der Waals surface area contributed by atoms with Crippen molar-refractivity contribution in [3.05, 3.63) is 0 Å². The molecule has 3 atom stereocenters. The van der Waals surface area contributed by atoms with E-state index in [1.54, 1.807) is 6.92 Å². The third-order valence-electron chi connectivity index (χ3n) is 5.23. The number of hydrogen-bond donors (Lipinski definition) is 0. The molecular formula is C22H40O5. The summed E-state index contributed by atoms with van der Waals surface area (Å²) in [6.07, 6.45) is 6.46. The van der Waals surface area contributed by atoms with Crippen molar-refractivity contribution in [1.29, 1.82) is 0 Å². The van der Waals surface area contributed by atoms with Crippen LogP contribution in [-0.4, -0.2) is 35.9 Å². The van der Waals surface area contributed by atoms with Crippen molar-refractivity contribution in [2.24, 2.45) is 11.8 Å². The first kappa shape index (κ1) is 23.9. The number of carbonyl (C=O) groups is 2. The Morgan fingerprint density at radius 2 is 1.59 bits per heavy atom. The number of rotatable bonds is 10. The minimum atomic E-state index is -0.552. The lowest BCUT2D eigenvalue weighted by Crippen LogP contribution is -2.40. The van der Waals surface area contributed by atoms with Crippen LogP contribution in [0, 0.1) is 11.8 Å². The summed E-state index contributed by atoms with van der Waals surface area (Å²) in [6.45, 7) is 13.4. The Kier molecular flexibility index (Phi) is 9.78. The van der Waals surface area contributed by atoms with Crippen molar-refractivity contribution < 1.29 is 23.8 Å². The molecule has 1 rings (SSSR count). The van der Waals surface area contributed by atoms with Crippen molar-refractivity contribution in [1.82, 2.24) is 0 Å². The van der Waals surface area contributed by atoms with Crippen LogP contribution in [0.5, 0.6) is 0 Å². The van der Waals surface area contributed by atoms with Crippen LogP contribution in [0.4, 0.5) is 0 Å². The molecule has 0 N–H and O–H groups in total. The third-order valence-corrected chi connectivity index (χ3v) is 5.23. The van der Waals surface area contributed by atoms with E-state index < -0.39 is 11.5 Å². The molecular weight excluding hydrogens is 344 g/mol. The van der Waals surface area contributed by atoms with E-state index in [2.05, 4.69) is 13.8 Å². The average molecular weight is 385 g/mol. The van der Waals surface area contributed by atoms with Gasteiger partial charge in [0.1, 0.15) is 11.7 Å². The van der Waals surface area contributed by atoms with Crippen LogP contribution in [0.1, 0.15) is 93.4 Å². The lowest BCUT2D eigenvalue weighted by atomic mass is 9.92. The Bertz CT molecular complexity index is 458. The van der Waals surface area contributed by atoms with Crippen LogP contribution in [0.2, 0.25) is 0 Å². The second kappa shape index (κ2) is 11.0. The van der Waals surface area contributed by atoms with E-state index in [0.29, 0.717) is 5.92 Å². The maximum atomic E-state index is 12.5. The molecule has 1 fully saturated rings. The molecule has 0 amide bonds. The zero-order chi connectivity index (χ0) is 20.6. The van der Waals surface area contributed by atoms with Gasteiger partial charge in [0, 0.05) is 0 Å². The molecule has 1 aliphatic rings. The van der Waals surface area contributed by atoms with E-state index in [-0.39, 0.29) is 36.7 Å². The van der Waals surface area contributed by atoms with Gasteiger partial charge in [0.2, 0.25) is 0 Å². The monoisotopic (exact) mass is 384 g/mol. The highest BCUT2D eigenvalue weighted by Crippen LogP contribution is 2.29. The lowest BCUT2D eigenvalue weighted by molar-refractivity contribution is -0.172. The fraction of sp³-hybridized carbons (Fsp3) is 0.909. The Balaban J connectivity index is 2.64. The molecule has 5 nitrogen and oxygen atoms in total. The zero-order valence-corrected chi connectivity index (χ0v) is 18.4. The largest absolute Gasteiger partial charge is 0.460 e. The molecule has 0 aromatic carbocycles. The molecule has 27 heavy (non-hydrogen) atoms. The van der Waals surface area contributed by atoms with E-state index in [9.17, 15) is 9.59 Å². The molecule has 0 spiro atoms. The van der Waals surface area contributed by atoms with E-state index in [1.165, 1.54) is 12.8 Å². The van der Waals surface area contributed by atoms with Crippen LogP contribution in [0.15, 0.2) is 0 Å². The molecule has 0 radical (unpaired) electrons. The molecule has 0 aliphatic heterocycles. The maximum Gasteiger partial charge on any atom is 0.309 e. The van der Waals surface area contributed by atoms with Crippen molar-refractivity contribution in [2.45, 2.75) is 117 Å². The van der Waals surface area contributed by atoms with Gasteiger partial charge in [-0.1, -0.05) is 46.5 Å². The fourth-order valence-electron chi connectivity index (χ4n) is 3.69. The van der Waals surface area contributed by atoms with Crippen LogP contribution in [-0.2, 0) is 23.8 Å². The number of esters is 2. The van der Waals surface area contributed by atoms with Gasteiger partial charge in [-0.3, -0.25) is 9.59 Å². The molecule has 0 saturated heterocycles. The fourth-order valence-corrected chi connectivity index (χ4v) is 3.69. The Morgan fingerprint density at radius 1 is 1.04 bits per heavy atom. The molecule has 0 aromatic rings. The molecule has 0 heterocycles. The summed E-state index contributed by atoms with van der Waals surface area (Å²) in [7, 11) is 0. The summed E-state index contributed by atoms with van der Waals surface area (Å²) >= 11 is 0. The SMILES string of the molecule is CCC(CC)[C@@H](OC1CCCC1)[C@H](C)OC(=O)[C@H](C)CC(=O)OC(C)(C)C. The number of hydrogen-bond acceptors (Lipinski definition) is 5. The van der Waals surface area contributed by atoms with Gasteiger partial charge in [0.15, 0.2) is 0 Å². The summed E-state index contributed by atoms with van der Waals surface area (Å²) < 4.78 is 17.4. The predicted molar refractivity (Wildman–Crippen MR) is 106 cm³/mol. The van der Waals surface area contributed by atoms with Crippen LogP contribution < -0.4 is 0 Å². The molecule has 158 valence electrons. The second-order valence-electron chi connectivity index (χ2n) is 8.92.